The van der Waals surface area contributed by atoms with Crippen molar-refractivity contribution in [2.45, 2.75) is 63.6 Å². The number of hydrogen-bond acceptors (Lipinski definition) is 3. The Morgan fingerprint density at radius 3 is 2.56 bits per heavy atom. The van der Waals surface area contributed by atoms with Crippen LogP contribution in [0.5, 0.6) is 0 Å². The van der Waals surface area contributed by atoms with Crippen LogP contribution in [0.2, 0.25) is 0 Å². The number of carbonyl (C=O) groups is 1. The lowest BCUT2D eigenvalue weighted by Gasteiger charge is -2.48. The SMILES string of the molecule is COCCC(C)N1C2CCCC1CC(=O)C2. The van der Waals surface area contributed by atoms with Crippen LogP contribution >= 0.6 is 0 Å². The lowest BCUT2D eigenvalue weighted by atomic mass is 9.82. The minimum Gasteiger partial charge on any atom is -0.385 e. The Kier molecular flexibility index (Phi) is 3.98. The average Bonchev–Trinajstić information content (AvgIpc) is 2.24. The Bertz CT molecular complexity index is 238. The van der Waals surface area contributed by atoms with Crippen molar-refractivity contribution in [3.63, 3.8) is 0 Å². The van der Waals surface area contributed by atoms with E-state index in [1.54, 1.807) is 7.11 Å². The first-order valence-corrected chi connectivity index (χ1v) is 6.50. The molecule has 0 spiro atoms. The molecule has 92 valence electrons. The molecule has 3 unspecified atom stereocenters. The number of carbonyl (C=O) groups excluding carboxylic acids is 1. The Morgan fingerprint density at radius 1 is 1.38 bits per heavy atom. The van der Waals surface area contributed by atoms with Gasteiger partial charge in [0.2, 0.25) is 0 Å². The minimum absolute atomic E-state index is 0.477. The zero-order valence-corrected chi connectivity index (χ0v) is 10.4. The lowest BCUT2D eigenvalue weighted by Crippen LogP contribution is -2.56. The summed E-state index contributed by atoms with van der Waals surface area (Å²) in [6.45, 7) is 3.10. The van der Waals surface area contributed by atoms with E-state index >= 15 is 0 Å². The van der Waals surface area contributed by atoms with Crippen LogP contribution in [0.1, 0.15) is 45.4 Å². The third-order valence-corrected chi connectivity index (χ3v) is 4.09. The van der Waals surface area contributed by atoms with Crippen LogP contribution in [0.25, 0.3) is 0 Å². The highest BCUT2D eigenvalue weighted by Gasteiger charge is 2.39. The number of ketones is 1. The number of Topliss-reactive ketones (excluding diaryl/α,β-unsaturated/α-hetero) is 1. The molecule has 2 aliphatic rings. The molecule has 0 saturated carbocycles. The first-order valence-electron chi connectivity index (χ1n) is 6.50. The largest absolute Gasteiger partial charge is 0.385 e. The molecule has 0 aliphatic carbocycles. The second-order valence-corrected chi connectivity index (χ2v) is 5.26. The summed E-state index contributed by atoms with van der Waals surface area (Å²) in [4.78, 5) is 14.2. The molecule has 0 aromatic rings. The van der Waals surface area contributed by atoms with Crippen LogP contribution in [0.3, 0.4) is 0 Å². The van der Waals surface area contributed by atoms with Gasteiger partial charge in [0.25, 0.3) is 0 Å². The van der Waals surface area contributed by atoms with Gasteiger partial charge in [0.15, 0.2) is 0 Å². The maximum atomic E-state index is 11.6. The number of nitrogens with zero attached hydrogens (tertiary/aromatic N) is 1. The molecule has 2 fully saturated rings. The fourth-order valence-corrected chi connectivity index (χ4v) is 3.37. The summed E-state index contributed by atoms with van der Waals surface area (Å²) in [5, 5.41) is 0. The molecule has 2 aliphatic heterocycles. The highest BCUT2D eigenvalue weighted by atomic mass is 16.5. The Hall–Kier alpha value is -0.410. The van der Waals surface area contributed by atoms with Gasteiger partial charge in [-0.05, 0) is 26.2 Å². The summed E-state index contributed by atoms with van der Waals surface area (Å²) in [5.74, 6) is 0.477. The van der Waals surface area contributed by atoms with Gasteiger partial charge in [-0.25, -0.2) is 0 Å². The van der Waals surface area contributed by atoms with Gasteiger partial charge in [0.05, 0.1) is 0 Å². The van der Waals surface area contributed by atoms with E-state index in [1.165, 1.54) is 19.3 Å². The molecule has 0 aromatic heterocycles. The predicted molar refractivity (Wildman–Crippen MR) is 63.5 cm³/mol. The van der Waals surface area contributed by atoms with E-state index < -0.39 is 0 Å². The molecule has 0 N–H and O–H groups in total. The standard InChI is InChI=1S/C13H23NO2/c1-10(6-7-16-2)14-11-4-3-5-12(14)9-13(15)8-11/h10-12H,3-9H2,1-2H3. The average molecular weight is 225 g/mol. The van der Waals surface area contributed by atoms with Crippen LogP contribution in [0.4, 0.5) is 0 Å². The van der Waals surface area contributed by atoms with Crippen molar-refractivity contribution in [3.05, 3.63) is 0 Å². The Labute approximate surface area is 98.1 Å². The normalized spacial score (nSPS) is 32.8. The molecule has 2 rings (SSSR count). The van der Waals surface area contributed by atoms with Gasteiger partial charge in [-0.2, -0.15) is 0 Å². The number of methoxy groups -OCH3 is 1. The summed E-state index contributed by atoms with van der Waals surface area (Å²) in [5.41, 5.74) is 0. The van der Waals surface area contributed by atoms with E-state index in [2.05, 4.69) is 11.8 Å². The van der Waals surface area contributed by atoms with Gasteiger partial charge in [-0.1, -0.05) is 6.42 Å². The number of hydrogen-bond donors (Lipinski definition) is 0. The van der Waals surface area contributed by atoms with Gasteiger partial charge < -0.3 is 4.74 Å². The highest BCUT2D eigenvalue weighted by molar-refractivity contribution is 5.80. The molecule has 16 heavy (non-hydrogen) atoms. The van der Waals surface area contributed by atoms with E-state index in [1.807, 2.05) is 0 Å². The molecule has 0 radical (unpaired) electrons. The minimum atomic E-state index is 0.477. The summed E-state index contributed by atoms with van der Waals surface area (Å²) < 4.78 is 5.15. The third-order valence-electron chi connectivity index (χ3n) is 4.09. The molecular weight excluding hydrogens is 202 g/mol. The van der Waals surface area contributed by atoms with Crippen LogP contribution in [0.15, 0.2) is 0 Å². The molecule has 2 saturated heterocycles. The second kappa shape index (κ2) is 5.28. The fraction of sp³-hybridized carbons (Fsp3) is 0.923. The topological polar surface area (TPSA) is 29.5 Å². The van der Waals surface area contributed by atoms with Gasteiger partial charge >= 0.3 is 0 Å². The van der Waals surface area contributed by atoms with Crippen LogP contribution in [0, 0.1) is 0 Å². The Morgan fingerprint density at radius 2 is 2.00 bits per heavy atom. The van der Waals surface area contributed by atoms with Crippen molar-refractivity contribution >= 4 is 5.78 Å². The molecule has 3 nitrogen and oxygen atoms in total. The summed E-state index contributed by atoms with van der Waals surface area (Å²) in [7, 11) is 1.76. The molecular formula is C13H23NO2. The predicted octanol–water partition coefficient (Wildman–Crippen LogP) is 2.00. The first-order chi connectivity index (χ1) is 7.72. The van der Waals surface area contributed by atoms with Crippen molar-refractivity contribution in [2.75, 3.05) is 13.7 Å². The van der Waals surface area contributed by atoms with Crippen molar-refractivity contribution in [3.8, 4) is 0 Å². The summed E-state index contributed by atoms with van der Waals surface area (Å²) in [6, 6.07) is 1.60. The summed E-state index contributed by atoms with van der Waals surface area (Å²) in [6.07, 6.45) is 6.37. The monoisotopic (exact) mass is 225 g/mol. The van der Waals surface area contributed by atoms with Gasteiger partial charge in [-0.3, -0.25) is 9.69 Å². The molecule has 0 aromatic carbocycles. The number of fused-ring (bicyclic) bond motifs is 2. The zero-order chi connectivity index (χ0) is 11.5. The molecule has 3 heteroatoms. The van der Waals surface area contributed by atoms with E-state index in [9.17, 15) is 4.79 Å². The smallest absolute Gasteiger partial charge is 0.136 e. The number of rotatable bonds is 4. The van der Waals surface area contributed by atoms with E-state index in [0.29, 0.717) is 23.9 Å². The van der Waals surface area contributed by atoms with Gasteiger partial charge in [0.1, 0.15) is 5.78 Å². The number of ether oxygens (including phenoxy) is 1. The fourth-order valence-electron chi connectivity index (χ4n) is 3.37. The Balaban J connectivity index is 1.99. The highest BCUT2D eigenvalue weighted by Crippen LogP contribution is 2.34. The quantitative estimate of drug-likeness (QED) is 0.733. The van der Waals surface area contributed by atoms with E-state index in [-0.39, 0.29) is 0 Å². The third kappa shape index (κ3) is 2.46. The van der Waals surface area contributed by atoms with E-state index in [4.69, 9.17) is 4.74 Å². The van der Waals surface area contributed by atoms with Gasteiger partial charge in [0, 0.05) is 44.7 Å². The summed E-state index contributed by atoms with van der Waals surface area (Å²) >= 11 is 0. The van der Waals surface area contributed by atoms with Crippen molar-refractivity contribution in [2.24, 2.45) is 0 Å². The molecule has 2 heterocycles. The van der Waals surface area contributed by atoms with E-state index in [0.717, 1.165) is 25.9 Å². The van der Waals surface area contributed by atoms with Gasteiger partial charge in [-0.15, -0.1) is 0 Å². The molecule has 0 amide bonds. The maximum absolute atomic E-state index is 11.6. The second-order valence-electron chi connectivity index (χ2n) is 5.26. The zero-order valence-electron chi connectivity index (χ0n) is 10.4. The van der Waals surface area contributed by atoms with Crippen LogP contribution in [-0.2, 0) is 9.53 Å². The maximum Gasteiger partial charge on any atom is 0.136 e. The van der Waals surface area contributed by atoms with Crippen molar-refractivity contribution < 1.29 is 9.53 Å². The van der Waals surface area contributed by atoms with Crippen molar-refractivity contribution in [1.29, 1.82) is 0 Å². The van der Waals surface area contributed by atoms with Crippen LogP contribution in [-0.4, -0.2) is 42.5 Å². The first kappa shape index (κ1) is 12.1. The molecule has 2 bridgehead atoms. The van der Waals surface area contributed by atoms with Crippen molar-refractivity contribution in [1.82, 2.24) is 4.90 Å². The number of piperidine rings is 2. The molecule has 3 atom stereocenters. The lowest BCUT2D eigenvalue weighted by molar-refractivity contribution is -0.128. The van der Waals surface area contributed by atoms with Crippen LogP contribution < -0.4 is 0 Å².